The van der Waals surface area contributed by atoms with Crippen LogP contribution in [0.5, 0.6) is 17.2 Å². The maximum absolute atomic E-state index is 14.6. The molecule has 0 unspecified atom stereocenters. The Hall–Kier alpha value is -5.57. The van der Waals surface area contributed by atoms with Gasteiger partial charge in [-0.2, -0.15) is 79.0 Å². The second kappa shape index (κ2) is 20.5. The molecule has 0 aliphatic rings. The topological polar surface area (TPSA) is 71.1 Å². The minimum Gasteiger partial charge on any atom is -0.490 e. The quantitative estimate of drug-likeness (QED) is 0.0348. The molecule has 0 aliphatic heterocycles. The SMILES string of the molecule is CCCCCCCOc1ccc(C#Cc2ccc(C(=O)Oc3ccc(O[C@@H](C)C(=O)OCCC(F)(F)C(F)(F)C(F)(F)C(F)(F)C(F)(F)C(F)(F)C(F)(F)C(F)(F)F)cc3)cc2)c(F)c1F. The van der Waals surface area contributed by atoms with Crippen molar-refractivity contribution in [3.8, 4) is 29.1 Å². The highest BCUT2D eigenvalue weighted by molar-refractivity contribution is 5.91. The van der Waals surface area contributed by atoms with Crippen molar-refractivity contribution in [2.24, 2.45) is 0 Å². The summed E-state index contributed by atoms with van der Waals surface area (Å²) in [5, 5.41) is 0. The first kappa shape index (κ1) is 54.8. The zero-order valence-electron chi connectivity index (χ0n) is 33.6. The molecule has 3 aromatic rings. The fourth-order valence-electron chi connectivity index (χ4n) is 5.21. The van der Waals surface area contributed by atoms with Gasteiger partial charge in [0.05, 0.1) is 30.8 Å². The Labute approximate surface area is 361 Å². The Kier molecular flexibility index (Phi) is 17.0. The summed E-state index contributed by atoms with van der Waals surface area (Å²) < 4.78 is 278. The van der Waals surface area contributed by atoms with Crippen LogP contribution in [0.1, 0.15) is 73.9 Å². The lowest BCUT2D eigenvalue weighted by Gasteiger charge is -2.42. The summed E-state index contributed by atoms with van der Waals surface area (Å²) in [4.78, 5) is 24.8. The minimum absolute atomic E-state index is 0.0310. The largest absolute Gasteiger partial charge is 0.490 e. The van der Waals surface area contributed by atoms with Gasteiger partial charge in [0.2, 0.25) is 5.82 Å². The first-order valence-electron chi connectivity index (χ1n) is 18.8. The first-order valence-corrected chi connectivity index (χ1v) is 18.8. The molecule has 0 saturated heterocycles. The Bertz CT molecular complexity index is 2200. The molecule has 66 heavy (non-hydrogen) atoms. The third-order valence-corrected chi connectivity index (χ3v) is 9.14. The number of rotatable bonds is 21. The standard InChI is InChI=1S/C41H33F19O6/c1-3-4-5-6-7-21-63-29-19-14-25(30(42)31(29)43)11-8-24-9-12-26(13-10-24)33(62)66-28-17-15-27(16-18-28)65-23(2)32(61)64-22-20-34(44,45)35(46,47)36(48,49)37(50,51)38(52,53)39(54,55)40(56,57)41(58,59)60/h9-10,12-19,23H,3-7,20-22H2,1-2H3/t23-/m0/s1. The highest BCUT2D eigenvalue weighted by atomic mass is 19.4. The molecular formula is C41H33F19O6. The number of carbonyl (C=O) groups is 2. The molecule has 25 heteroatoms. The number of benzene rings is 3. The summed E-state index contributed by atoms with van der Waals surface area (Å²) in [6.45, 7) is 0.912. The highest BCUT2D eigenvalue weighted by Crippen LogP contribution is 2.64. The molecule has 1 atom stereocenters. The second-order valence-electron chi connectivity index (χ2n) is 14.0. The van der Waals surface area contributed by atoms with Crippen molar-refractivity contribution in [3.05, 3.63) is 89.0 Å². The van der Waals surface area contributed by atoms with Crippen molar-refractivity contribution in [2.45, 2.75) is 106 Å². The lowest BCUT2D eigenvalue weighted by Crippen LogP contribution is -2.74. The summed E-state index contributed by atoms with van der Waals surface area (Å²) in [5.74, 6) is -58.3. The molecule has 366 valence electrons. The highest BCUT2D eigenvalue weighted by Gasteiger charge is 2.95. The average molecular weight is 983 g/mol. The zero-order valence-corrected chi connectivity index (χ0v) is 33.6. The Morgan fingerprint density at radius 1 is 0.576 bits per heavy atom. The van der Waals surface area contributed by atoms with Gasteiger partial charge in [0, 0.05) is 5.56 Å². The monoisotopic (exact) mass is 982 g/mol. The summed E-state index contributed by atoms with van der Waals surface area (Å²) in [6.07, 6.45) is -8.13. The number of hydrogen-bond donors (Lipinski definition) is 0. The summed E-state index contributed by atoms with van der Waals surface area (Å²) in [6, 6.07) is 12.0. The maximum Gasteiger partial charge on any atom is 0.460 e. The van der Waals surface area contributed by atoms with Gasteiger partial charge >= 0.3 is 59.6 Å². The number of hydrogen-bond acceptors (Lipinski definition) is 6. The van der Waals surface area contributed by atoms with E-state index in [1.165, 1.54) is 36.4 Å². The van der Waals surface area contributed by atoms with Crippen LogP contribution >= 0.6 is 0 Å². The molecule has 0 amide bonds. The van der Waals surface area contributed by atoms with Gasteiger partial charge in [-0.3, -0.25) is 0 Å². The molecule has 3 rings (SSSR count). The normalized spacial score (nSPS) is 13.7. The molecule has 0 aliphatic carbocycles. The third kappa shape index (κ3) is 11.3. The van der Waals surface area contributed by atoms with Crippen LogP contribution in [-0.2, 0) is 9.53 Å². The summed E-state index contributed by atoms with van der Waals surface area (Å²) in [5.41, 5.74) is -0.0185. The Balaban J connectivity index is 1.56. The van der Waals surface area contributed by atoms with Crippen LogP contribution < -0.4 is 14.2 Å². The van der Waals surface area contributed by atoms with E-state index >= 15 is 0 Å². The second-order valence-corrected chi connectivity index (χ2v) is 14.0. The van der Waals surface area contributed by atoms with E-state index in [0.29, 0.717) is 6.42 Å². The molecule has 3 aromatic carbocycles. The van der Waals surface area contributed by atoms with Gasteiger partial charge in [-0.1, -0.05) is 44.4 Å². The molecule has 0 aromatic heterocycles. The van der Waals surface area contributed by atoms with Crippen LogP contribution in [0.25, 0.3) is 0 Å². The zero-order chi connectivity index (χ0) is 50.3. The van der Waals surface area contributed by atoms with E-state index in [9.17, 15) is 93.0 Å². The smallest absolute Gasteiger partial charge is 0.460 e. The van der Waals surface area contributed by atoms with Gasteiger partial charge in [0.1, 0.15) is 11.5 Å². The number of carbonyl (C=O) groups excluding carboxylic acids is 2. The van der Waals surface area contributed by atoms with Crippen molar-refractivity contribution in [3.63, 3.8) is 0 Å². The number of unbranched alkanes of at least 4 members (excludes halogenated alkanes) is 4. The van der Waals surface area contributed by atoms with Crippen LogP contribution in [-0.4, -0.2) is 78.9 Å². The fraction of sp³-hybridized carbons (Fsp3) is 0.463. The van der Waals surface area contributed by atoms with Crippen molar-refractivity contribution >= 4 is 11.9 Å². The number of esters is 2. The van der Waals surface area contributed by atoms with E-state index in [0.717, 1.165) is 56.9 Å². The van der Waals surface area contributed by atoms with Crippen molar-refractivity contribution in [1.29, 1.82) is 0 Å². The third-order valence-electron chi connectivity index (χ3n) is 9.14. The van der Waals surface area contributed by atoms with Crippen LogP contribution in [0.15, 0.2) is 60.7 Å². The van der Waals surface area contributed by atoms with Gasteiger partial charge < -0.3 is 18.9 Å². The van der Waals surface area contributed by atoms with E-state index in [-0.39, 0.29) is 40.5 Å². The molecule has 0 spiro atoms. The minimum atomic E-state index is -8.77. The van der Waals surface area contributed by atoms with Crippen LogP contribution in [0, 0.1) is 23.5 Å². The predicted octanol–water partition coefficient (Wildman–Crippen LogP) is 12.6. The van der Waals surface area contributed by atoms with Crippen LogP contribution in [0.4, 0.5) is 83.4 Å². The van der Waals surface area contributed by atoms with Crippen molar-refractivity contribution in [1.82, 2.24) is 0 Å². The van der Waals surface area contributed by atoms with E-state index < -0.39 is 90.3 Å². The molecule has 0 saturated carbocycles. The fourth-order valence-corrected chi connectivity index (χ4v) is 5.21. The Morgan fingerprint density at radius 2 is 1.09 bits per heavy atom. The van der Waals surface area contributed by atoms with E-state index in [4.69, 9.17) is 14.2 Å². The van der Waals surface area contributed by atoms with E-state index in [2.05, 4.69) is 23.5 Å². The van der Waals surface area contributed by atoms with Gasteiger partial charge in [-0.25, -0.2) is 14.0 Å². The van der Waals surface area contributed by atoms with Crippen LogP contribution in [0.3, 0.4) is 0 Å². The number of halogens is 19. The van der Waals surface area contributed by atoms with Gasteiger partial charge in [-0.15, -0.1) is 0 Å². The van der Waals surface area contributed by atoms with Gasteiger partial charge in [0.25, 0.3) is 0 Å². The molecule has 0 heterocycles. The lowest BCUT2D eigenvalue weighted by atomic mass is 9.88. The lowest BCUT2D eigenvalue weighted by molar-refractivity contribution is -0.461. The number of ether oxygens (including phenoxy) is 4. The molecule has 0 fully saturated rings. The summed E-state index contributed by atoms with van der Waals surface area (Å²) in [7, 11) is 0. The maximum atomic E-state index is 14.6. The van der Waals surface area contributed by atoms with Gasteiger partial charge in [-0.05, 0) is 74.0 Å². The van der Waals surface area contributed by atoms with Crippen molar-refractivity contribution < 1.29 is 112 Å². The molecule has 0 radical (unpaired) electrons. The van der Waals surface area contributed by atoms with E-state index in [1.54, 1.807) is 0 Å². The predicted molar refractivity (Wildman–Crippen MR) is 191 cm³/mol. The first-order chi connectivity index (χ1) is 30.2. The Morgan fingerprint density at radius 3 is 1.64 bits per heavy atom. The van der Waals surface area contributed by atoms with E-state index in [1.807, 2.05) is 0 Å². The summed E-state index contributed by atoms with van der Waals surface area (Å²) >= 11 is 0. The van der Waals surface area contributed by atoms with Crippen LogP contribution in [0.2, 0.25) is 0 Å². The molecular weight excluding hydrogens is 949 g/mol. The number of alkyl halides is 17. The molecule has 0 bridgehead atoms. The average Bonchev–Trinajstić information content (AvgIpc) is 3.23. The molecule has 0 N–H and O–H groups in total. The van der Waals surface area contributed by atoms with Crippen molar-refractivity contribution in [2.75, 3.05) is 13.2 Å². The molecule has 6 nitrogen and oxygen atoms in total. The van der Waals surface area contributed by atoms with Gasteiger partial charge in [0.15, 0.2) is 17.7 Å².